The van der Waals surface area contributed by atoms with Crippen molar-refractivity contribution in [2.45, 2.75) is 46.0 Å². The lowest BCUT2D eigenvalue weighted by atomic mass is 9.84. The average Bonchev–Trinajstić information content (AvgIpc) is 2.30. The van der Waals surface area contributed by atoms with Crippen molar-refractivity contribution in [3.05, 3.63) is 37.1 Å². The van der Waals surface area contributed by atoms with Gasteiger partial charge in [0, 0.05) is 0 Å². The molecule has 0 saturated heterocycles. The molecular weight excluding hydrogens is 194 g/mol. The van der Waals surface area contributed by atoms with Gasteiger partial charge in [-0.15, -0.1) is 6.58 Å². The van der Waals surface area contributed by atoms with Crippen LogP contribution in [0.2, 0.25) is 0 Å². The smallest absolute Gasteiger partial charge is 0.00625 e. The van der Waals surface area contributed by atoms with Gasteiger partial charge in [0.25, 0.3) is 0 Å². The maximum Gasteiger partial charge on any atom is -0.00625 e. The van der Waals surface area contributed by atoms with Crippen molar-refractivity contribution in [3.8, 4) is 0 Å². The highest BCUT2D eigenvalue weighted by Crippen LogP contribution is 2.25. The van der Waals surface area contributed by atoms with Crippen molar-refractivity contribution in [2.24, 2.45) is 17.6 Å². The van der Waals surface area contributed by atoms with Crippen LogP contribution in [0.5, 0.6) is 0 Å². The van der Waals surface area contributed by atoms with Gasteiger partial charge in [0.1, 0.15) is 0 Å². The molecule has 0 aliphatic heterocycles. The van der Waals surface area contributed by atoms with E-state index in [1.54, 1.807) is 6.20 Å². The number of rotatable bonds is 9. The summed E-state index contributed by atoms with van der Waals surface area (Å²) in [5.41, 5.74) is 5.25. The summed E-state index contributed by atoms with van der Waals surface area (Å²) in [5.74, 6) is 1.65. The molecule has 0 heterocycles. The Balaban J connectivity index is 3.82. The van der Waals surface area contributed by atoms with E-state index in [2.05, 4.69) is 26.5 Å². The van der Waals surface area contributed by atoms with Gasteiger partial charge in [-0.05, 0) is 49.8 Å². The Morgan fingerprint density at radius 2 is 1.94 bits per heavy atom. The van der Waals surface area contributed by atoms with Gasteiger partial charge in [-0.2, -0.15) is 0 Å². The molecule has 0 saturated carbocycles. The van der Waals surface area contributed by atoms with Crippen LogP contribution in [0.15, 0.2) is 37.1 Å². The van der Waals surface area contributed by atoms with Crippen molar-refractivity contribution < 1.29 is 0 Å². The predicted molar refractivity (Wildman–Crippen MR) is 74.1 cm³/mol. The van der Waals surface area contributed by atoms with Crippen molar-refractivity contribution in [3.63, 3.8) is 0 Å². The van der Waals surface area contributed by atoms with Crippen LogP contribution < -0.4 is 5.73 Å². The first-order valence-corrected chi connectivity index (χ1v) is 6.40. The molecule has 0 aromatic carbocycles. The standard InChI is InChI=1S/C15H27N/c1-4-6-12-15(5-2)14(3)11-9-7-8-10-13-16/h4,7-8,10,13-15H,1,5-6,9,11-12,16H2,2-3H3/b8-7-,13-10+/t14-,15?/m1/s1. The molecular formula is C15H27N. The van der Waals surface area contributed by atoms with Gasteiger partial charge < -0.3 is 5.73 Å². The van der Waals surface area contributed by atoms with Crippen LogP contribution in [0.25, 0.3) is 0 Å². The number of allylic oxidation sites excluding steroid dienone is 4. The summed E-state index contributed by atoms with van der Waals surface area (Å²) in [4.78, 5) is 0. The molecule has 0 spiro atoms. The van der Waals surface area contributed by atoms with Gasteiger partial charge in [-0.1, -0.05) is 38.5 Å². The van der Waals surface area contributed by atoms with E-state index in [-0.39, 0.29) is 0 Å². The molecule has 0 bridgehead atoms. The van der Waals surface area contributed by atoms with E-state index in [1.807, 2.05) is 18.2 Å². The summed E-state index contributed by atoms with van der Waals surface area (Å²) in [5, 5.41) is 0. The molecule has 0 fully saturated rings. The van der Waals surface area contributed by atoms with E-state index in [1.165, 1.54) is 19.3 Å². The van der Waals surface area contributed by atoms with Crippen LogP contribution in [0, 0.1) is 11.8 Å². The Morgan fingerprint density at radius 3 is 2.50 bits per heavy atom. The molecule has 0 amide bonds. The van der Waals surface area contributed by atoms with Crippen molar-refractivity contribution in [2.75, 3.05) is 0 Å². The first kappa shape index (κ1) is 15.0. The minimum Gasteiger partial charge on any atom is -0.405 e. The Morgan fingerprint density at radius 1 is 1.19 bits per heavy atom. The number of nitrogens with two attached hydrogens (primary N) is 1. The lowest BCUT2D eigenvalue weighted by Gasteiger charge is -2.21. The molecule has 2 N–H and O–H groups in total. The Hall–Kier alpha value is -0.980. The van der Waals surface area contributed by atoms with E-state index in [9.17, 15) is 0 Å². The zero-order valence-corrected chi connectivity index (χ0v) is 10.9. The fourth-order valence-electron chi connectivity index (χ4n) is 2.06. The summed E-state index contributed by atoms with van der Waals surface area (Å²) in [6.07, 6.45) is 15.8. The third-order valence-corrected chi connectivity index (χ3v) is 3.22. The molecule has 0 aromatic heterocycles. The molecule has 0 aliphatic rings. The third-order valence-electron chi connectivity index (χ3n) is 3.22. The van der Waals surface area contributed by atoms with Crippen molar-refractivity contribution >= 4 is 0 Å². The van der Waals surface area contributed by atoms with Gasteiger partial charge in [0.2, 0.25) is 0 Å². The Bertz CT molecular complexity index is 215. The molecule has 0 radical (unpaired) electrons. The lowest BCUT2D eigenvalue weighted by molar-refractivity contribution is 0.312. The Kier molecular flexibility index (Phi) is 9.89. The van der Waals surface area contributed by atoms with Crippen LogP contribution in [-0.2, 0) is 0 Å². The minimum absolute atomic E-state index is 0.802. The van der Waals surface area contributed by atoms with Crippen molar-refractivity contribution in [1.29, 1.82) is 0 Å². The zero-order chi connectivity index (χ0) is 12.2. The van der Waals surface area contributed by atoms with Crippen LogP contribution in [-0.4, -0.2) is 0 Å². The quantitative estimate of drug-likeness (QED) is 0.452. The lowest BCUT2D eigenvalue weighted by Crippen LogP contribution is -2.10. The highest BCUT2D eigenvalue weighted by Gasteiger charge is 2.13. The second-order valence-electron chi connectivity index (χ2n) is 4.40. The summed E-state index contributed by atoms with van der Waals surface area (Å²) in [6, 6.07) is 0. The third kappa shape index (κ3) is 7.33. The fraction of sp³-hybridized carbons (Fsp3) is 0.600. The number of hydrogen-bond donors (Lipinski definition) is 1. The Labute approximate surface area is 101 Å². The predicted octanol–water partition coefficient (Wildman–Crippen LogP) is 4.42. The zero-order valence-electron chi connectivity index (χ0n) is 10.9. The molecule has 1 nitrogen and oxygen atoms in total. The SMILES string of the molecule is C=CCCC(CC)[C@H](C)CC/C=C\C=C\N. The van der Waals surface area contributed by atoms with Gasteiger partial charge in [-0.25, -0.2) is 0 Å². The van der Waals surface area contributed by atoms with Gasteiger partial charge in [0.15, 0.2) is 0 Å². The van der Waals surface area contributed by atoms with Crippen LogP contribution in [0.3, 0.4) is 0 Å². The van der Waals surface area contributed by atoms with Crippen LogP contribution in [0.1, 0.15) is 46.0 Å². The van der Waals surface area contributed by atoms with Crippen LogP contribution >= 0.6 is 0 Å². The summed E-state index contributed by atoms with van der Waals surface area (Å²) >= 11 is 0. The second kappa shape index (κ2) is 10.5. The average molecular weight is 221 g/mol. The molecule has 2 atom stereocenters. The minimum atomic E-state index is 0.802. The largest absolute Gasteiger partial charge is 0.405 e. The first-order chi connectivity index (χ1) is 7.76. The van der Waals surface area contributed by atoms with Crippen LogP contribution in [0.4, 0.5) is 0 Å². The molecule has 0 rings (SSSR count). The molecule has 92 valence electrons. The van der Waals surface area contributed by atoms with Gasteiger partial charge in [-0.3, -0.25) is 0 Å². The molecule has 1 heteroatoms. The highest BCUT2D eigenvalue weighted by atomic mass is 14.5. The highest BCUT2D eigenvalue weighted by molar-refractivity contribution is 5.00. The van der Waals surface area contributed by atoms with E-state index in [0.29, 0.717) is 0 Å². The van der Waals surface area contributed by atoms with Gasteiger partial charge >= 0.3 is 0 Å². The monoisotopic (exact) mass is 221 g/mol. The van der Waals surface area contributed by atoms with E-state index >= 15 is 0 Å². The second-order valence-corrected chi connectivity index (χ2v) is 4.40. The van der Waals surface area contributed by atoms with E-state index < -0.39 is 0 Å². The molecule has 16 heavy (non-hydrogen) atoms. The number of hydrogen-bond acceptors (Lipinski definition) is 1. The maximum atomic E-state index is 5.25. The maximum absolute atomic E-state index is 5.25. The van der Waals surface area contributed by atoms with E-state index in [4.69, 9.17) is 5.73 Å². The normalized spacial score (nSPS) is 15.6. The van der Waals surface area contributed by atoms with Gasteiger partial charge in [0.05, 0.1) is 0 Å². The first-order valence-electron chi connectivity index (χ1n) is 6.40. The molecule has 0 aliphatic carbocycles. The summed E-state index contributed by atoms with van der Waals surface area (Å²) < 4.78 is 0. The topological polar surface area (TPSA) is 26.0 Å². The van der Waals surface area contributed by atoms with E-state index in [0.717, 1.165) is 24.7 Å². The molecule has 1 unspecified atom stereocenters. The summed E-state index contributed by atoms with van der Waals surface area (Å²) in [7, 11) is 0. The molecule has 0 aromatic rings. The summed E-state index contributed by atoms with van der Waals surface area (Å²) in [6.45, 7) is 8.45. The fourth-order valence-corrected chi connectivity index (χ4v) is 2.06. The van der Waals surface area contributed by atoms with Crippen molar-refractivity contribution in [1.82, 2.24) is 0 Å².